The highest BCUT2D eigenvalue weighted by atomic mass is 32.2. The van der Waals surface area contributed by atoms with Gasteiger partial charge in [-0.1, -0.05) is 26.7 Å². The number of carboxylic acids is 1. The van der Waals surface area contributed by atoms with Crippen LogP contribution in [0.4, 0.5) is 0 Å². The largest absolute Gasteiger partial charge is 0.478 e. The first-order valence-electron chi connectivity index (χ1n) is 6.62. The lowest BCUT2D eigenvalue weighted by Gasteiger charge is -2.34. The van der Waals surface area contributed by atoms with Crippen molar-refractivity contribution in [2.75, 3.05) is 0 Å². The zero-order valence-electron chi connectivity index (χ0n) is 11.5. The highest BCUT2D eigenvalue weighted by molar-refractivity contribution is 7.89. The Morgan fingerprint density at radius 3 is 2.80 bits per heavy atom. The Hall–Kier alpha value is -1.41. The number of nitrogens with one attached hydrogen (secondary N) is 2. The SMILES string of the molecule is CC1CCCC(NS(=O)(=O)c2[nH]ncc2C(=O)O)C1C. The molecule has 3 unspecified atom stereocenters. The Labute approximate surface area is 117 Å². The monoisotopic (exact) mass is 301 g/mol. The fourth-order valence-corrected chi connectivity index (χ4v) is 4.09. The van der Waals surface area contributed by atoms with Crippen molar-refractivity contribution in [2.45, 2.75) is 44.2 Å². The van der Waals surface area contributed by atoms with Crippen molar-refractivity contribution in [3.8, 4) is 0 Å². The Morgan fingerprint density at radius 2 is 2.15 bits per heavy atom. The van der Waals surface area contributed by atoms with Crippen LogP contribution in [-0.2, 0) is 10.0 Å². The van der Waals surface area contributed by atoms with Crippen LogP contribution in [0.15, 0.2) is 11.2 Å². The molecular weight excluding hydrogens is 282 g/mol. The summed E-state index contributed by atoms with van der Waals surface area (Å²) in [6, 6.07) is -0.173. The van der Waals surface area contributed by atoms with Gasteiger partial charge in [-0.25, -0.2) is 17.9 Å². The van der Waals surface area contributed by atoms with Crippen molar-refractivity contribution in [2.24, 2.45) is 11.8 Å². The first-order chi connectivity index (χ1) is 9.33. The lowest BCUT2D eigenvalue weighted by atomic mass is 9.78. The lowest BCUT2D eigenvalue weighted by Crippen LogP contribution is -2.44. The van der Waals surface area contributed by atoms with Crippen LogP contribution in [0.2, 0.25) is 0 Å². The van der Waals surface area contributed by atoms with Crippen LogP contribution >= 0.6 is 0 Å². The molecule has 1 aliphatic rings. The molecule has 1 aromatic rings. The third-order valence-electron chi connectivity index (χ3n) is 4.12. The molecule has 2 rings (SSSR count). The molecule has 0 saturated heterocycles. The van der Waals surface area contributed by atoms with E-state index in [-0.39, 0.29) is 22.5 Å². The molecule has 20 heavy (non-hydrogen) atoms. The van der Waals surface area contributed by atoms with Crippen molar-refractivity contribution in [3.05, 3.63) is 11.8 Å². The maximum Gasteiger partial charge on any atom is 0.340 e. The average molecular weight is 301 g/mol. The molecule has 0 aromatic carbocycles. The minimum Gasteiger partial charge on any atom is -0.478 e. The number of H-pyrrole nitrogens is 1. The van der Waals surface area contributed by atoms with Crippen LogP contribution in [0.3, 0.4) is 0 Å². The second kappa shape index (κ2) is 5.53. The molecule has 0 spiro atoms. The maximum absolute atomic E-state index is 12.3. The highest BCUT2D eigenvalue weighted by Gasteiger charge is 2.33. The zero-order chi connectivity index (χ0) is 14.9. The van der Waals surface area contributed by atoms with Gasteiger partial charge >= 0.3 is 5.97 Å². The summed E-state index contributed by atoms with van der Waals surface area (Å²) >= 11 is 0. The number of carbonyl (C=O) groups is 1. The van der Waals surface area contributed by atoms with Crippen LogP contribution in [-0.4, -0.2) is 35.7 Å². The molecule has 1 aliphatic carbocycles. The van der Waals surface area contributed by atoms with Gasteiger partial charge < -0.3 is 5.11 Å². The molecule has 0 aliphatic heterocycles. The van der Waals surface area contributed by atoms with E-state index in [4.69, 9.17) is 5.11 Å². The summed E-state index contributed by atoms with van der Waals surface area (Å²) in [6.07, 6.45) is 3.82. The van der Waals surface area contributed by atoms with E-state index in [1.54, 1.807) is 0 Å². The molecule has 3 atom stereocenters. The van der Waals surface area contributed by atoms with E-state index in [1.165, 1.54) is 0 Å². The van der Waals surface area contributed by atoms with Gasteiger partial charge in [-0.3, -0.25) is 5.10 Å². The van der Waals surface area contributed by atoms with Crippen LogP contribution in [0.25, 0.3) is 0 Å². The van der Waals surface area contributed by atoms with E-state index >= 15 is 0 Å². The van der Waals surface area contributed by atoms with Crippen LogP contribution in [0.1, 0.15) is 43.5 Å². The van der Waals surface area contributed by atoms with E-state index < -0.39 is 16.0 Å². The Morgan fingerprint density at radius 1 is 1.45 bits per heavy atom. The van der Waals surface area contributed by atoms with Gasteiger partial charge in [0.2, 0.25) is 0 Å². The zero-order valence-corrected chi connectivity index (χ0v) is 12.3. The Balaban J connectivity index is 2.23. The third kappa shape index (κ3) is 2.85. The second-order valence-corrected chi connectivity index (χ2v) is 7.06. The first kappa shape index (κ1) is 15.0. The number of nitrogens with zero attached hydrogens (tertiary/aromatic N) is 1. The summed E-state index contributed by atoms with van der Waals surface area (Å²) in [5.74, 6) is -0.656. The van der Waals surface area contributed by atoms with Crippen molar-refractivity contribution in [3.63, 3.8) is 0 Å². The predicted octanol–water partition coefficient (Wildman–Crippen LogP) is 1.21. The van der Waals surface area contributed by atoms with Crippen molar-refractivity contribution in [1.82, 2.24) is 14.9 Å². The molecule has 1 aromatic heterocycles. The van der Waals surface area contributed by atoms with Gasteiger partial charge in [0.05, 0.1) is 6.20 Å². The summed E-state index contributed by atoms with van der Waals surface area (Å²) in [7, 11) is -3.90. The summed E-state index contributed by atoms with van der Waals surface area (Å²) in [6.45, 7) is 4.12. The number of aromatic amines is 1. The molecule has 7 nitrogen and oxygen atoms in total. The lowest BCUT2D eigenvalue weighted by molar-refractivity contribution is 0.0692. The van der Waals surface area contributed by atoms with Crippen molar-refractivity contribution >= 4 is 16.0 Å². The smallest absolute Gasteiger partial charge is 0.340 e. The van der Waals surface area contributed by atoms with E-state index in [1.807, 2.05) is 6.92 Å². The van der Waals surface area contributed by atoms with E-state index in [0.29, 0.717) is 5.92 Å². The fourth-order valence-electron chi connectivity index (χ4n) is 2.64. The van der Waals surface area contributed by atoms with Gasteiger partial charge in [0.25, 0.3) is 10.0 Å². The quantitative estimate of drug-likeness (QED) is 0.774. The standard InChI is InChI=1S/C12H19N3O4S/c1-7-4-3-5-10(8(7)2)15-20(18,19)11-9(12(16)17)6-13-14-11/h6-8,10,15H,3-5H2,1-2H3,(H,13,14)(H,16,17). The molecule has 0 bridgehead atoms. The van der Waals surface area contributed by atoms with Gasteiger partial charge in [0, 0.05) is 6.04 Å². The van der Waals surface area contributed by atoms with Gasteiger partial charge in [-0.2, -0.15) is 5.10 Å². The average Bonchev–Trinajstić information content (AvgIpc) is 2.85. The minimum absolute atomic E-state index is 0.173. The van der Waals surface area contributed by atoms with Crippen molar-refractivity contribution in [1.29, 1.82) is 0 Å². The summed E-state index contributed by atoms with van der Waals surface area (Å²) in [4.78, 5) is 11.0. The van der Waals surface area contributed by atoms with Crippen molar-refractivity contribution < 1.29 is 18.3 Å². The van der Waals surface area contributed by atoms with Gasteiger partial charge in [-0.15, -0.1) is 0 Å². The highest BCUT2D eigenvalue weighted by Crippen LogP contribution is 2.30. The molecule has 112 valence electrons. The Kier molecular flexibility index (Phi) is 4.14. The number of rotatable bonds is 4. The molecular formula is C12H19N3O4S. The molecule has 8 heteroatoms. The summed E-state index contributed by atoms with van der Waals surface area (Å²) < 4.78 is 27.2. The van der Waals surface area contributed by atoms with Crippen LogP contribution in [0.5, 0.6) is 0 Å². The molecule has 1 fully saturated rings. The molecule has 0 radical (unpaired) electrons. The number of hydrogen-bond acceptors (Lipinski definition) is 4. The van der Waals surface area contributed by atoms with Crippen LogP contribution in [0, 0.1) is 11.8 Å². The Bertz CT molecular complexity index is 596. The van der Waals surface area contributed by atoms with Gasteiger partial charge in [0.15, 0.2) is 5.03 Å². The number of aromatic carboxylic acids is 1. The fraction of sp³-hybridized carbons (Fsp3) is 0.667. The van der Waals surface area contributed by atoms with E-state index in [2.05, 4.69) is 21.8 Å². The maximum atomic E-state index is 12.3. The predicted molar refractivity (Wildman–Crippen MR) is 71.8 cm³/mol. The third-order valence-corrected chi connectivity index (χ3v) is 5.58. The van der Waals surface area contributed by atoms with Crippen LogP contribution < -0.4 is 4.72 Å². The first-order valence-corrected chi connectivity index (χ1v) is 8.10. The molecule has 1 heterocycles. The number of carboxylic acid groups (broad SMARTS) is 1. The minimum atomic E-state index is -3.90. The normalized spacial score (nSPS) is 27.4. The molecule has 0 amide bonds. The molecule has 3 N–H and O–H groups in total. The summed E-state index contributed by atoms with van der Waals surface area (Å²) in [5.41, 5.74) is -0.339. The van der Waals surface area contributed by atoms with E-state index in [0.717, 1.165) is 25.5 Å². The van der Waals surface area contributed by atoms with Gasteiger partial charge in [-0.05, 0) is 18.3 Å². The molecule has 1 saturated carbocycles. The number of aromatic nitrogens is 2. The number of hydrogen-bond donors (Lipinski definition) is 3. The number of sulfonamides is 1. The topological polar surface area (TPSA) is 112 Å². The van der Waals surface area contributed by atoms with E-state index in [9.17, 15) is 13.2 Å². The summed E-state index contributed by atoms with van der Waals surface area (Å²) in [5, 5.41) is 14.4. The second-order valence-electron chi connectivity index (χ2n) is 5.41. The van der Waals surface area contributed by atoms with Gasteiger partial charge in [0.1, 0.15) is 5.56 Å².